The molecule has 50 valence electrons. The van der Waals surface area contributed by atoms with Gasteiger partial charge >= 0.3 is 0 Å². The third-order valence-electron chi connectivity index (χ3n) is 0.756. The van der Waals surface area contributed by atoms with Gasteiger partial charge in [0.2, 0.25) is 0 Å². The highest BCUT2D eigenvalue weighted by Gasteiger charge is 1.74. The zero-order valence-electron chi connectivity index (χ0n) is 5.83. The average Bonchev–Trinajstić information content (AvgIpc) is 1.94. The first kappa shape index (κ1) is 8.02. The van der Waals surface area contributed by atoms with Crippen LogP contribution in [0.2, 0.25) is 0 Å². The van der Waals surface area contributed by atoms with E-state index in [4.69, 9.17) is 5.11 Å². The lowest BCUT2D eigenvalue weighted by molar-refractivity contribution is 0.475. The van der Waals surface area contributed by atoms with Crippen LogP contribution in [0.25, 0.3) is 0 Å². The molecule has 0 aromatic heterocycles. The molecule has 0 aliphatic carbocycles. The van der Waals surface area contributed by atoms with Crippen molar-refractivity contribution < 1.29 is 5.11 Å². The van der Waals surface area contributed by atoms with Crippen LogP contribution in [0.5, 0.6) is 5.75 Å². The van der Waals surface area contributed by atoms with E-state index in [1.54, 1.807) is 24.3 Å². The number of hydrogen-bond acceptors (Lipinski definition) is 1. The molecule has 0 heterocycles. The third kappa shape index (κ3) is 3.59. The van der Waals surface area contributed by atoms with Crippen molar-refractivity contribution in [2.45, 2.75) is 13.8 Å². The normalized spacial score (nSPS) is 7.33. The third-order valence-corrected chi connectivity index (χ3v) is 0.756. The summed E-state index contributed by atoms with van der Waals surface area (Å²) >= 11 is 0. The molecule has 0 bridgehead atoms. The maximum Gasteiger partial charge on any atom is 0.115 e. The molecule has 1 N–H and O–H groups in total. The number of aromatic hydroxyl groups is 1. The summed E-state index contributed by atoms with van der Waals surface area (Å²) < 4.78 is 0. The molecule has 9 heavy (non-hydrogen) atoms. The number of para-hydroxylation sites is 1. The lowest BCUT2D eigenvalue weighted by atomic mass is 10.3. The van der Waals surface area contributed by atoms with Crippen molar-refractivity contribution in [2.75, 3.05) is 0 Å². The van der Waals surface area contributed by atoms with Crippen molar-refractivity contribution in [3.63, 3.8) is 0 Å². The minimum Gasteiger partial charge on any atom is -0.508 e. The van der Waals surface area contributed by atoms with E-state index in [1.165, 1.54) is 0 Å². The molecule has 1 aromatic rings. The number of benzene rings is 1. The van der Waals surface area contributed by atoms with Crippen LogP contribution in [-0.2, 0) is 0 Å². The first-order valence-corrected chi connectivity index (χ1v) is 3.13. The Morgan fingerprint density at radius 3 is 1.67 bits per heavy atom. The van der Waals surface area contributed by atoms with Crippen LogP contribution >= 0.6 is 0 Å². The van der Waals surface area contributed by atoms with Gasteiger partial charge in [-0.1, -0.05) is 32.0 Å². The van der Waals surface area contributed by atoms with E-state index < -0.39 is 0 Å². The van der Waals surface area contributed by atoms with Gasteiger partial charge in [-0.25, -0.2) is 0 Å². The summed E-state index contributed by atoms with van der Waals surface area (Å²) in [5, 5.41) is 8.63. The summed E-state index contributed by atoms with van der Waals surface area (Å²) in [6, 6.07) is 8.71. The van der Waals surface area contributed by atoms with Gasteiger partial charge in [0.25, 0.3) is 0 Å². The SMILES string of the molecule is CC.Oc1ccccc1. The second kappa shape index (κ2) is 5.16. The van der Waals surface area contributed by atoms with Crippen molar-refractivity contribution in [1.29, 1.82) is 0 Å². The van der Waals surface area contributed by atoms with Gasteiger partial charge in [0.1, 0.15) is 5.75 Å². The van der Waals surface area contributed by atoms with Crippen molar-refractivity contribution in [1.82, 2.24) is 0 Å². The molecule has 0 aliphatic heterocycles. The van der Waals surface area contributed by atoms with Crippen LogP contribution in [-0.4, -0.2) is 5.11 Å². The zero-order valence-corrected chi connectivity index (χ0v) is 5.83. The number of phenolic OH excluding ortho intramolecular Hbond substituents is 1. The largest absolute Gasteiger partial charge is 0.508 e. The molecular weight excluding hydrogens is 112 g/mol. The summed E-state index contributed by atoms with van der Waals surface area (Å²) in [5.74, 6) is 0.322. The van der Waals surface area contributed by atoms with E-state index in [-0.39, 0.29) is 0 Å². The summed E-state index contributed by atoms with van der Waals surface area (Å²) in [4.78, 5) is 0. The Labute approximate surface area is 56.0 Å². The molecular formula is C8H12O. The van der Waals surface area contributed by atoms with Crippen molar-refractivity contribution in [3.8, 4) is 5.75 Å². The molecule has 0 unspecified atom stereocenters. The van der Waals surface area contributed by atoms with Crippen LogP contribution in [0, 0.1) is 0 Å². The second-order valence-electron chi connectivity index (χ2n) is 1.34. The Hall–Kier alpha value is -0.980. The second-order valence-corrected chi connectivity index (χ2v) is 1.34. The highest BCUT2D eigenvalue weighted by molar-refractivity contribution is 5.18. The topological polar surface area (TPSA) is 20.2 Å². The monoisotopic (exact) mass is 124 g/mol. The lowest BCUT2D eigenvalue weighted by Crippen LogP contribution is -1.56. The van der Waals surface area contributed by atoms with Crippen LogP contribution in [0.3, 0.4) is 0 Å². The van der Waals surface area contributed by atoms with Gasteiger partial charge in [0, 0.05) is 0 Å². The molecule has 0 aliphatic rings. The molecule has 0 amide bonds. The zero-order chi connectivity index (χ0) is 7.11. The summed E-state index contributed by atoms with van der Waals surface area (Å²) in [5.41, 5.74) is 0. The predicted octanol–water partition coefficient (Wildman–Crippen LogP) is 2.42. The number of rotatable bonds is 0. The Morgan fingerprint density at radius 2 is 1.44 bits per heavy atom. The van der Waals surface area contributed by atoms with Crippen LogP contribution in [0.1, 0.15) is 13.8 Å². The standard InChI is InChI=1S/C6H6O.C2H6/c7-6-4-2-1-3-5-6;1-2/h1-5,7H;1-2H3. The van der Waals surface area contributed by atoms with Gasteiger partial charge in [-0.3, -0.25) is 0 Å². The molecule has 0 radical (unpaired) electrons. The Morgan fingerprint density at radius 1 is 1.00 bits per heavy atom. The quantitative estimate of drug-likeness (QED) is 0.563. The van der Waals surface area contributed by atoms with Crippen molar-refractivity contribution >= 4 is 0 Å². The van der Waals surface area contributed by atoms with Gasteiger partial charge in [-0.05, 0) is 12.1 Å². The molecule has 0 atom stereocenters. The molecule has 0 saturated heterocycles. The fraction of sp³-hybridized carbons (Fsp3) is 0.250. The summed E-state index contributed by atoms with van der Waals surface area (Å²) in [6.07, 6.45) is 0. The van der Waals surface area contributed by atoms with Gasteiger partial charge in [-0.2, -0.15) is 0 Å². The van der Waals surface area contributed by atoms with Gasteiger partial charge < -0.3 is 5.11 Å². The molecule has 0 saturated carbocycles. The molecule has 1 nitrogen and oxygen atoms in total. The van der Waals surface area contributed by atoms with E-state index >= 15 is 0 Å². The molecule has 0 fully saturated rings. The Bertz CT molecular complexity index is 134. The van der Waals surface area contributed by atoms with Crippen molar-refractivity contribution in [2.24, 2.45) is 0 Å². The fourth-order valence-electron chi connectivity index (χ4n) is 0.428. The van der Waals surface area contributed by atoms with Gasteiger partial charge in [0.15, 0.2) is 0 Å². The Kier molecular flexibility index (Phi) is 4.60. The smallest absolute Gasteiger partial charge is 0.115 e. The maximum absolute atomic E-state index is 8.63. The van der Waals surface area contributed by atoms with Crippen molar-refractivity contribution in [3.05, 3.63) is 30.3 Å². The van der Waals surface area contributed by atoms with E-state index in [1.807, 2.05) is 19.9 Å². The summed E-state index contributed by atoms with van der Waals surface area (Å²) in [6.45, 7) is 4.00. The molecule has 0 spiro atoms. The highest BCUT2D eigenvalue weighted by Crippen LogP contribution is 2.02. The van der Waals surface area contributed by atoms with E-state index in [0.29, 0.717) is 5.75 Å². The first-order valence-electron chi connectivity index (χ1n) is 3.13. The maximum atomic E-state index is 8.63. The van der Waals surface area contributed by atoms with Crippen LogP contribution < -0.4 is 0 Å². The Balaban J connectivity index is 0.000000291. The lowest BCUT2D eigenvalue weighted by Gasteiger charge is -1.82. The van der Waals surface area contributed by atoms with E-state index in [2.05, 4.69) is 0 Å². The number of hydrogen-bond donors (Lipinski definition) is 1. The number of phenols is 1. The van der Waals surface area contributed by atoms with Crippen LogP contribution in [0.15, 0.2) is 30.3 Å². The predicted molar refractivity (Wildman–Crippen MR) is 39.5 cm³/mol. The molecule has 1 heteroatoms. The minimum absolute atomic E-state index is 0.322. The van der Waals surface area contributed by atoms with E-state index in [0.717, 1.165) is 0 Å². The average molecular weight is 124 g/mol. The van der Waals surface area contributed by atoms with Gasteiger partial charge in [-0.15, -0.1) is 0 Å². The van der Waals surface area contributed by atoms with E-state index in [9.17, 15) is 0 Å². The van der Waals surface area contributed by atoms with Crippen LogP contribution in [0.4, 0.5) is 0 Å². The molecule has 1 aromatic carbocycles. The highest BCUT2D eigenvalue weighted by atomic mass is 16.3. The summed E-state index contributed by atoms with van der Waals surface area (Å²) in [7, 11) is 0. The fourth-order valence-corrected chi connectivity index (χ4v) is 0.428. The minimum atomic E-state index is 0.322. The molecule has 1 rings (SSSR count). The van der Waals surface area contributed by atoms with Gasteiger partial charge in [0.05, 0.1) is 0 Å². The first-order chi connectivity index (χ1) is 4.39.